The van der Waals surface area contributed by atoms with Gasteiger partial charge in [-0.1, -0.05) is 25.4 Å². The molecule has 1 rings (SSSR count). The predicted octanol–water partition coefficient (Wildman–Crippen LogP) is 3.98. The van der Waals surface area contributed by atoms with Gasteiger partial charge in [0.15, 0.2) is 11.7 Å². The monoisotopic (exact) mass is 494 g/mol. The average Bonchev–Trinajstić information content (AvgIpc) is 3.12. The van der Waals surface area contributed by atoms with Crippen molar-refractivity contribution in [3.8, 4) is 0 Å². The van der Waals surface area contributed by atoms with Gasteiger partial charge in [-0.2, -0.15) is 0 Å². The van der Waals surface area contributed by atoms with Crippen LogP contribution in [0.25, 0.3) is 0 Å². The van der Waals surface area contributed by atoms with E-state index in [1.165, 1.54) is 7.11 Å². The Labute approximate surface area is 180 Å². The number of nitrogens with zero attached hydrogens (tertiary/aromatic N) is 2. The number of esters is 1. The van der Waals surface area contributed by atoms with Gasteiger partial charge in [0.25, 0.3) is 0 Å². The number of hydrogen-bond acceptors (Lipinski definition) is 5. The Morgan fingerprint density at radius 3 is 2.59 bits per heavy atom. The topological polar surface area (TPSA) is 88.8 Å². The van der Waals surface area contributed by atoms with E-state index in [2.05, 4.69) is 39.4 Å². The molecule has 0 amide bonds. The molecule has 0 aliphatic carbocycles. The SMILES string of the molecule is CCNC(=NCc1cc(C(CC)CC)no1)NCCCCCC(=O)OC.I. The van der Waals surface area contributed by atoms with Gasteiger partial charge in [0, 0.05) is 31.5 Å². The summed E-state index contributed by atoms with van der Waals surface area (Å²) in [6.07, 6.45) is 5.40. The van der Waals surface area contributed by atoms with E-state index in [0.29, 0.717) is 18.9 Å². The van der Waals surface area contributed by atoms with Crippen LogP contribution in [0.1, 0.15) is 76.7 Å². The van der Waals surface area contributed by atoms with Crippen molar-refractivity contribution in [3.05, 3.63) is 17.5 Å². The Balaban J connectivity index is 0.00000676. The van der Waals surface area contributed by atoms with Gasteiger partial charge in [0.1, 0.15) is 6.54 Å². The molecule has 0 aliphatic heterocycles. The molecule has 0 radical (unpaired) electrons. The van der Waals surface area contributed by atoms with Crippen LogP contribution in [0.2, 0.25) is 0 Å². The number of nitrogens with one attached hydrogen (secondary N) is 2. The molecule has 0 unspecified atom stereocenters. The van der Waals surface area contributed by atoms with Crippen LogP contribution < -0.4 is 10.6 Å². The molecule has 156 valence electrons. The van der Waals surface area contributed by atoms with Gasteiger partial charge in [0.2, 0.25) is 0 Å². The van der Waals surface area contributed by atoms with Crippen molar-refractivity contribution in [2.75, 3.05) is 20.2 Å². The molecule has 0 bridgehead atoms. The van der Waals surface area contributed by atoms with Crippen molar-refractivity contribution in [3.63, 3.8) is 0 Å². The molecule has 1 aromatic rings. The number of ether oxygens (including phenoxy) is 1. The van der Waals surface area contributed by atoms with E-state index in [9.17, 15) is 4.79 Å². The van der Waals surface area contributed by atoms with E-state index >= 15 is 0 Å². The number of guanidine groups is 1. The van der Waals surface area contributed by atoms with E-state index in [1.807, 2.05) is 13.0 Å². The summed E-state index contributed by atoms with van der Waals surface area (Å²) in [5, 5.41) is 10.7. The highest BCUT2D eigenvalue weighted by Crippen LogP contribution is 2.22. The summed E-state index contributed by atoms with van der Waals surface area (Å²) in [5.74, 6) is 1.85. The number of aliphatic imine (C=N–C) groups is 1. The lowest BCUT2D eigenvalue weighted by Gasteiger charge is -2.10. The van der Waals surface area contributed by atoms with Crippen LogP contribution in [0.3, 0.4) is 0 Å². The molecule has 7 nitrogen and oxygen atoms in total. The highest BCUT2D eigenvalue weighted by Gasteiger charge is 2.12. The smallest absolute Gasteiger partial charge is 0.305 e. The van der Waals surface area contributed by atoms with Crippen molar-refractivity contribution in [1.82, 2.24) is 15.8 Å². The Kier molecular flexibility index (Phi) is 14.9. The first-order valence-corrected chi connectivity index (χ1v) is 9.68. The summed E-state index contributed by atoms with van der Waals surface area (Å²) < 4.78 is 10.0. The zero-order valence-corrected chi connectivity index (χ0v) is 19.4. The zero-order chi connectivity index (χ0) is 19.2. The van der Waals surface area contributed by atoms with Crippen LogP contribution in [-0.2, 0) is 16.1 Å². The van der Waals surface area contributed by atoms with Gasteiger partial charge in [-0.05, 0) is 32.6 Å². The maximum atomic E-state index is 11.1. The lowest BCUT2D eigenvalue weighted by atomic mass is 9.99. The Bertz CT molecular complexity index is 545. The molecule has 0 aliphatic rings. The summed E-state index contributed by atoms with van der Waals surface area (Å²) in [6, 6.07) is 2.01. The van der Waals surface area contributed by atoms with Crippen molar-refractivity contribution >= 4 is 35.9 Å². The van der Waals surface area contributed by atoms with Gasteiger partial charge in [0.05, 0.1) is 12.8 Å². The van der Waals surface area contributed by atoms with Crippen LogP contribution >= 0.6 is 24.0 Å². The van der Waals surface area contributed by atoms with E-state index in [4.69, 9.17) is 4.52 Å². The molecule has 2 N–H and O–H groups in total. The number of hydrogen-bond donors (Lipinski definition) is 2. The predicted molar refractivity (Wildman–Crippen MR) is 119 cm³/mol. The second kappa shape index (κ2) is 15.7. The van der Waals surface area contributed by atoms with Crippen LogP contribution in [-0.4, -0.2) is 37.3 Å². The fourth-order valence-electron chi connectivity index (χ4n) is 2.68. The normalized spacial score (nSPS) is 11.2. The Morgan fingerprint density at radius 1 is 1.22 bits per heavy atom. The van der Waals surface area contributed by atoms with Gasteiger partial charge < -0.3 is 19.9 Å². The average molecular weight is 494 g/mol. The van der Waals surface area contributed by atoms with E-state index in [0.717, 1.165) is 62.6 Å². The third kappa shape index (κ3) is 10.6. The first-order chi connectivity index (χ1) is 12.6. The Morgan fingerprint density at radius 2 is 1.96 bits per heavy atom. The van der Waals surface area contributed by atoms with Crippen molar-refractivity contribution in [2.24, 2.45) is 4.99 Å². The molecular weight excluding hydrogens is 459 g/mol. The number of halogens is 1. The molecule has 0 saturated heterocycles. The number of unbranched alkanes of at least 4 members (excludes halogenated alkanes) is 2. The summed E-state index contributed by atoms with van der Waals surface area (Å²) in [5.41, 5.74) is 1.02. The van der Waals surface area contributed by atoms with Crippen LogP contribution in [0.4, 0.5) is 0 Å². The van der Waals surface area contributed by atoms with Crippen molar-refractivity contribution < 1.29 is 14.1 Å². The third-order valence-corrected chi connectivity index (χ3v) is 4.30. The number of carbonyl (C=O) groups is 1. The molecule has 8 heteroatoms. The summed E-state index contributed by atoms with van der Waals surface area (Å²) in [6.45, 7) is 8.43. The minimum absolute atomic E-state index is 0. The maximum absolute atomic E-state index is 11.1. The number of carbonyl (C=O) groups excluding carboxylic acids is 1. The summed E-state index contributed by atoms with van der Waals surface area (Å²) in [7, 11) is 1.42. The van der Waals surface area contributed by atoms with Crippen LogP contribution in [0.15, 0.2) is 15.6 Å². The highest BCUT2D eigenvalue weighted by atomic mass is 127. The highest BCUT2D eigenvalue weighted by molar-refractivity contribution is 14.0. The van der Waals surface area contributed by atoms with E-state index in [-0.39, 0.29) is 29.9 Å². The quantitative estimate of drug-likeness (QED) is 0.150. The lowest BCUT2D eigenvalue weighted by molar-refractivity contribution is -0.140. The molecular formula is C19H35IN4O3. The molecule has 0 atom stereocenters. The lowest BCUT2D eigenvalue weighted by Crippen LogP contribution is -2.37. The second-order valence-corrected chi connectivity index (χ2v) is 6.24. The van der Waals surface area contributed by atoms with Gasteiger partial charge in [-0.15, -0.1) is 24.0 Å². The fraction of sp³-hybridized carbons (Fsp3) is 0.737. The maximum Gasteiger partial charge on any atom is 0.305 e. The number of aromatic nitrogens is 1. The number of methoxy groups -OCH3 is 1. The molecule has 0 saturated carbocycles. The van der Waals surface area contributed by atoms with Gasteiger partial charge >= 0.3 is 5.97 Å². The third-order valence-electron chi connectivity index (χ3n) is 4.30. The molecule has 1 aromatic heterocycles. The van der Waals surface area contributed by atoms with Crippen molar-refractivity contribution in [1.29, 1.82) is 0 Å². The summed E-state index contributed by atoms with van der Waals surface area (Å²) >= 11 is 0. The standard InChI is InChI=1S/C19H34N4O3.HI/c1-5-15(6-2)17-13-16(26-23-17)14-22-19(20-7-3)21-12-10-8-9-11-18(24)25-4;/h13,15H,5-12,14H2,1-4H3,(H2,20,21,22);1H. The minimum Gasteiger partial charge on any atom is -0.469 e. The molecule has 1 heterocycles. The van der Waals surface area contributed by atoms with E-state index in [1.54, 1.807) is 0 Å². The zero-order valence-electron chi connectivity index (χ0n) is 17.0. The minimum atomic E-state index is -0.146. The summed E-state index contributed by atoms with van der Waals surface area (Å²) in [4.78, 5) is 15.6. The molecule has 27 heavy (non-hydrogen) atoms. The fourth-order valence-corrected chi connectivity index (χ4v) is 2.68. The molecule has 0 aromatic carbocycles. The van der Waals surface area contributed by atoms with E-state index < -0.39 is 0 Å². The number of rotatable bonds is 12. The van der Waals surface area contributed by atoms with Crippen LogP contribution in [0.5, 0.6) is 0 Å². The first-order valence-electron chi connectivity index (χ1n) is 9.68. The van der Waals surface area contributed by atoms with Crippen LogP contribution in [0, 0.1) is 0 Å². The van der Waals surface area contributed by atoms with Gasteiger partial charge in [-0.3, -0.25) is 4.79 Å². The van der Waals surface area contributed by atoms with Gasteiger partial charge in [-0.25, -0.2) is 4.99 Å². The molecule has 0 fully saturated rings. The Hall–Kier alpha value is -1.32. The largest absolute Gasteiger partial charge is 0.469 e. The first kappa shape index (κ1) is 25.7. The van der Waals surface area contributed by atoms with Crippen molar-refractivity contribution in [2.45, 2.75) is 71.8 Å². The molecule has 0 spiro atoms. The second-order valence-electron chi connectivity index (χ2n) is 6.24.